The average Bonchev–Trinajstić information content (AvgIpc) is 2.57. The predicted octanol–water partition coefficient (Wildman–Crippen LogP) is -0.0303. The van der Waals surface area contributed by atoms with Crippen molar-refractivity contribution in [2.45, 2.75) is 18.9 Å². The van der Waals surface area contributed by atoms with Crippen LogP contribution < -0.4 is 5.69 Å². The number of carbonyl (C=O) groups excluding carboxylic acids is 1. The van der Waals surface area contributed by atoms with Crippen LogP contribution in [0, 0.1) is 0 Å². The summed E-state index contributed by atoms with van der Waals surface area (Å²) in [4.78, 5) is 26.8. The number of imidazole rings is 1. The zero-order valence-corrected chi connectivity index (χ0v) is 8.06. The lowest BCUT2D eigenvalue weighted by Gasteiger charge is -2.29. The van der Waals surface area contributed by atoms with Crippen molar-refractivity contribution in [1.29, 1.82) is 0 Å². The van der Waals surface area contributed by atoms with Crippen molar-refractivity contribution < 1.29 is 4.79 Å². The molecule has 0 aliphatic carbocycles. The topological polar surface area (TPSA) is 58.1 Å². The van der Waals surface area contributed by atoms with Crippen LogP contribution in [0.5, 0.6) is 0 Å². The first-order valence-electron chi connectivity index (χ1n) is 4.68. The Kier molecular flexibility index (Phi) is 2.15. The molecule has 0 aromatic carbocycles. The Morgan fingerprint density at radius 2 is 2.29 bits per heavy atom. The lowest BCUT2D eigenvalue weighted by Crippen LogP contribution is -2.40. The molecule has 76 valence electrons. The van der Waals surface area contributed by atoms with Gasteiger partial charge in [-0.25, -0.2) is 4.79 Å². The molecule has 1 aromatic heterocycles. The number of H-pyrrole nitrogens is 1. The van der Waals surface area contributed by atoms with Gasteiger partial charge in [-0.2, -0.15) is 0 Å². The normalized spacial score (nSPS) is 22.8. The van der Waals surface area contributed by atoms with Crippen molar-refractivity contribution in [3.8, 4) is 0 Å². The summed E-state index contributed by atoms with van der Waals surface area (Å²) >= 11 is 0. The molecule has 2 rings (SSSR count). The summed E-state index contributed by atoms with van der Waals surface area (Å²) < 4.78 is 1.66. The third-order valence-electron chi connectivity index (χ3n) is 2.67. The fourth-order valence-electron chi connectivity index (χ4n) is 1.84. The summed E-state index contributed by atoms with van der Waals surface area (Å²) in [5.74, 6) is 0.157. The van der Waals surface area contributed by atoms with Gasteiger partial charge in [0.2, 0.25) is 5.91 Å². The number of likely N-dealkylation sites (tertiary alicyclic amines) is 1. The van der Waals surface area contributed by atoms with Crippen LogP contribution in [0.3, 0.4) is 0 Å². The number of nitrogens with one attached hydrogen (secondary N) is 1. The number of amides is 1. The van der Waals surface area contributed by atoms with E-state index in [-0.39, 0.29) is 17.6 Å². The van der Waals surface area contributed by atoms with Crippen LogP contribution in [0.1, 0.15) is 18.9 Å². The number of hydrogen-bond acceptors (Lipinski definition) is 2. The number of hydrogen-bond donors (Lipinski definition) is 1. The second-order valence-electron chi connectivity index (χ2n) is 3.64. The van der Waals surface area contributed by atoms with Gasteiger partial charge < -0.3 is 9.88 Å². The molecule has 1 aliphatic rings. The molecular weight excluding hydrogens is 182 g/mol. The average molecular weight is 195 g/mol. The van der Waals surface area contributed by atoms with Crippen molar-refractivity contribution in [3.63, 3.8) is 0 Å². The summed E-state index contributed by atoms with van der Waals surface area (Å²) in [7, 11) is 1.77. The van der Waals surface area contributed by atoms with E-state index in [2.05, 4.69) is 4.98 Å². The minimum Gasteiger partial charge on any atom is -0.344 e. The minimum absolute atomic E-state index is 0.0993. The largest absolute Gasteiger partial charge is 0.344 e. The van der Waals surface area contributed by atoms with Gasteiger partial charge in [0.25, 0.3) is 0 Å². The molecule has 5 nitrogen and oxygen atoms in total. The molecule has 2 heterocycles. The fraction of sp³-hybridized carbons (Fsp3) is 0.556. The van der Waals surface area contributed by atoms with E-state index in [1.165, 1.54) is 0 Å². The van der Waals surface area contributed by atoms with Gasteiger partial charge >= 0.3 is 5.69 Å². The first-order chi connectivity index (χ1) is 6.68. The quantitative estimate of drug-likeness (QED) is 0.684. The monoisotopic (exact) mass is 195 g/mol. The van der Waals surface area contributed by atoms with E-state index in [1.807, 2.05) is 0 Å². The molecule has 1 fully saturated rings. The second kappa shape index (κ2) is 3.32. The van der Waals surface area contributed by atoms with Gasteiger partial charge in [0.15, 0.2) is 0 Å². The molecule has 1 N–H and O–H groups in total. The fourth-order valence-corrected chi connectivity index (χ4v) is 1.84. The van der Waals surface area contributed by atoms with Crippen LogP contribution in [-0.4, -0.2) is 34.0 Å². The highest BCUT2D eigenvalue weighted by atomic mass is 16.2. The first-order valence-corrected chi connectivity index (χ1v) is 4.68. The highest BCUT2D eigenvalue weighted by molar-refractivity contribution is 5.76. The van der Waals surface area contributed by atoms with Gasteiger partial charge in [-0.05, 0) is 6.42 Å². The van der Waals surface area contributed by atoms with Crippen molar-refractivity contribution in [2.75, 3.05) is 13.6 Å². The number of likely N-dealkylation sites (N-methyl/N-ethyl adjacent to an activating group) is 1. The summed E-state index contributed by atoms with van der Waals surface area (Å²) in [6.07, 6.45) is 4.63. The lowest BCUT2D eigenvalue weighted by molar-refractivity contribution is -0.132. The van der Waals surface area contributed by atoms with E-state index in [0.29, 0.717) is 13.0 Å². The SMILES string of the molecule is CN1CC(n2cc[nH]c2=O)CCC1=O. The number of rotatable bonds is 1. The molecule has 1 atom stereocenters. The van der Waals surface area contributed by atoms with Crippen LogP contribution in [0.2, 0.25) is 0 Å². The van der Waals surface area contributed by atoms with Crippen LogP contribution in [0.15, 0.2) is 17.2 Å². The summed E-state index contributed by atoms with van der Waals surface area (Å²) in [5, 5.41) is 0. The number of aromatic nitrogens is 2. The van der Waals surface area contributed by atoms with Crippen LogP contribution in [-0.2, 0) is 4.79 Å². The minimum atomic E-state index is -0.0993. The van der Waals surface area contributed by atoms with E-state index >= 15 is 0 Å². The van der Waals surface area contributed by atoms with Crippen LogP contribution in [0.4, 0.5) is 0 Å². The molecule has 1 aromatic rings. The summed E-state index contributed by atoms with van der Waals surface area (Å²) in [6.45, 7) is 0.622. The van der Waals surface area contributed by atoms with Gasteiger partial charge in [0.1, 0.15) is 0 Å². The maximum atomic E-state index is 11.3. The Morgan fingerprint density at radius 3 is 2.86 bits per heavy atom. The lowest BCUT2D eigenvalue weighted by atomic mass is 10.1. The molecule has 1 saturated heterocycles. The molecule has 0 radical (unpaired) electrons. The van der Waals surface area contributed by atoms with Gasteiger partial charge in [0.05, 0.1) is 6.04 Å². The molecule has 0 spiro atoms. The van der Waals surface area contributed by atoms with Gasteiger partial charge in [-0.3, -0.25) is 9.36 Å². The number of piperidine rings is 1. The van der Waals surface area contributed by atoms with Crippen LogP contribution in [0.25, 0.3) is 0 Å². The number of aromatic amines is 1. The molecule has 1 amide bonds. The van der Waals surface area contributed by atoms with Crippen molar-refractivity contribution >= 4 is 5.91 Å². The van der Waals surface area contributed by atoms with Gasteiger partial charge in [0, 0.05) is 32.4 Å². The zero-order chi connectivity index (χ0) is 10.1. The molecule has 0 saturated carbocycles. The van der Waals surface area contributed by atoms with Gasteiger partial charge in [-0.15, -0.1) is 0 Å². The molecule has 14 heavy (non-hydrogen) atoms. The van der Waals surface area contributed by atoms with E-state index in [4.69, 9.17) is 0 Å². The smallest absolute Gasteiger partial charge is 0.325 e. The van der Waals surface area contributed by atoms with E-state index in [1.54, 1.807) is 28.9 Å². The van der Waals surface area contributed by atoms with Crippen LogP contribution >= 0.6 is 0 Å². The molecule has 1 unspecified atom stereocenters. The second-order valence-corrected chi connectivity index (χ2v) is 3.64. The highest BCUT2D eigenvalue weighted by Gasteiger charge is 2.24. The Morgan fingerprint density at radius 1 is 1.50 bits per heavy atom. The van der Waals surface area contributed by atoms with Crippen molar-refractivity contribution in [3.05, 3.63) is 22.9 Å². The third kappa shape index (κ3) is 1.45. The standard InChI is InChI=1S/C9H13N3O2/c1-11-6-7(2-3-8(11)13)12-5-4-10-9(12)14/h4-5,7H,2-3,6H2,1H3,(H,10,14). The van der Waals surface area contributed by atoms with E-state index in [9.17, 15) is 9.59 Å². The van der Waals surface area contributed by atoms with E-state index in [0.717, 1.165) is 6.42 Å². The van der Waals surface area contributed by atoms with Crippen molar-refractivity contribution in [1.82, 2.24) is 14.5 Å². The Hall–Kier alpha value is -1.52. The third-order valence-corrected chi connectivity index (χ3v) is 2.67. The Labute approximate surface area is 81.3 Å². The highest BCUT2D eigenvalue weighted by Crippen LogP contribution is 2.19. The zero-order valence-electron chi connectivity index (χ0n) is 8.06. The summed E-state index contributed by atoms with van der Waals surface area (Å²) in [5.41, 5.74) is -0.0993. The maximum absolute atomic E-state index is 11.3. The molecular formula is C9H13N3O2. The number of carbonyl (C=O) groups is 1. The molecule has 5 heteroatoms. The Balaban J connectivity index is 2.18. The predicted molar refractivity (Wildman–Crippen MR) is 51.0 cm³/mol. The maximum Gasteiger partial charge on any atom is 0.325 e. The van der Waals surface area contributed by atoms with Gasteiger partial charge in [-0.1, -0.05) is 0 Å². The van der Waals surface area contributed by atoms with E-state index < -0.39 is 0 Å². The Bertz CT molecular complexity index is 393. The molecule has 0 bridgehead atoms. The first kappa shape index (κ1) is 9.05. The molecule has 1 aliphatic heterocycles. The number of nitrogens with zero attached hydrogens (tertiary/aromatic N) is 2. The van der Waals surface area contributed by atoms with Crippen molar-refractivity contribution in [2.24, 2.45) is 0 Å². The summed E-state index contributed by atoms with van der Waals surface area (Å²) in [6, 6.07) is 0.122.